The summed E-state index contributed by atoms with van der Waals surface area (Å²) in [5, 5.41) is 8.26. The lowest BCUT2D eigenvalue weighted by molar-refractivity contribution is -0.190. The second-order valence-electron chi connectivity index (χ2n) is 2.62. The smallest absolute Gasteiger partial charge is 0.396 e. The average Bonchev–Trinajstić information content (AvgIpc) is 2.57. The lowest BCUT2D eigenvalue weighted by Gasteiger charge is -2.00. The van der Waals surface area contributed by atoms with Gasteiger partial charge in [0.2, 0.25) is 0 Å². The Morgan fingerprint density at radius 2 is 2.07 bits per heavy atom. The molecule has 2 nitrogen and oxygen atoms in total. The lowest BCUT2D eigenvalue weighted by Crippen LogP contribution is -2.41. The fraction of sp³-hybridized carbons (Fsp3) is 0. The molecule has 0 spiro atoms. The number of nitrogens with two attached hydrogens (primary N) is 1. The second kappa shape index (κ2) is 3.77. The molecular formula is C9H6Cl2NOS+. The van der Waals surface area contributed by atoms with Crippen molar-refractivity contribution in [1.29, 1.82) is 0 Å². The number of hydrogen-bond acceptors (Lipinski definition) is 2. The van der Waals surface area contributed by atoms with Crippen LogP contribution in [0.3, 0.4) is 0 Å². The lowest BCUT2D eigenvalue weighted by atomic mass is 10.2. The van der Waals surface area contributed by atoms with E-state index in [-0.39, 0.29) is 0 Å². The molecule has 0 amide bonds. The number of rotatable bonds is 1. The van der Waals surface area contributed by atoms with Gasteiger partial charge >= 0.3 is 4.87 Å². The van der Waals surface area contributed by atoms with Gasteiger partial charge in [0.1, 0.15) is 0 Å². The van der Waals surface area contributed by atoms with Gasteiger partial charge in [-0.05, 0) is 23.5 Å². The van der Waals surface area contributed by atoms with Gasteiger partial charge in [0.15, 0.2) is 5.76 Å². The molecule has 0 aliphatic heterocycles. The van der Waals surface area contributed by atoms with Crippen LogP contribution in [-0.2, 0) is 0 Å². The van der Waals surface area contributed by atoms with E-state index in [0.29, 0.717) is 20.7 Å². The van der Waals surface area contributed by atoms with Crippen LogP contribution in [0.2, 0.25) is 10.0 Å². The van der Waals surface area contributed by atoms with Crippen LogP contribution in [0.4, 0.5) is 0 Å². The van der Waals surface area contributed by atoms with Crippen molar-refractivity contribution < 1.29 is 9.83 Å². The van der Waals surface area contributed by atoms with Gasteiger partial charge in [-0.25, -0.2) is 5.41 Å². The van der Waals surface area contributed by atoms with E-state index in [1.165, 1.54) is 11.3 Å². The van der Waals surface area contributed by atoms with E-state index in [1.807, 2.05) is 12.1 Å². The molecule has 2 N–H and O–H groups in total. The monoisotopic (exact) mass is 246 g/mol. The Morgan fingerprint density at radius 3 is 2.71 bits per heavy atom. The van der Waals surface area contributed by atoms with E-state index in [2.05, 4.69) is 0 Å². The van der Waals surface area contributed by atoms with Crippen molar-refractivity contribution in [3.63, 3.8) is 0 Å². The van der Waals surface area contributed by atoms with Gasteiger partial charge in [-0.1, -0.05) is 29.3 Å². The minimum Gasteiger partial charge on any atom is -0.396 e. The summed E-state index contributed by atoms with van der Waals surface area (Å²) in [7, 11) is 0. The van der Waals surface area contributed by atoms with E-state index in [4.69, 9.17) is 33.0 Å². The fourth-order valence-electron chi connectivity index (χ4n) is 1.08. The van der Waals surface area contributed by atoms with Crippen molar-refractivity contribution in [1.82, 2.24) is 0 Å². The third-order valence-electron chi connectivity index (χ3n) is 1.71. The summed E-state index contributed by atoms with van der Waals surface area (Å²) < 4.78 is 5.26. The van der Waals surface area contributed by atoms with Gasteiger partial charge in [0.05, 0.1) is 10.0 Å². The summed E-state index contributed by atoms with van der Waals surface area (Å²) in [6, 6.07) is 5.37. The molecule has 0 atom stereocenters. The normalized spacial score (nSPS) is 10.4. The molecule has 72 valence electrons. The molecule has 14 heavy (non-hydrogen) atoms. The van der Waals surface area contributed by atoms with Gasteiger partial charge in [0, 0.05) is 10.9 Å². The van der Waals surface area contributed by atoms with Crippen molar-refractivity contribution in [3.8, 4) is 11.3 Å². The predicted octanol–water partition coefficient (Wildman–Crippen LogP) is 1.97. The summed E-state index contributed by atoms with van der Waals surface area (Å²) in [6.07, 6.45) is 0. The Kier molecular flexibility index (Phi) is 2.63. The highest BCUT2D eigenvalue weighted by molar-refractivity contribution is 7.07. The maximum atomic E-state index is 6.01. The molecule has 1 aromatic carbocycles. The molecule has 0 radical (unpaired) electrons. The van der Waals surface area contributed by atoms with Crippen molar-refractivity contribution >= 4 is 34.5 Å². The van der Waals surface area contributed by atoms with E-state index in [9.17, 15) is 0 Å². The SMILES string of the molecule is [NH2+]=c1oc(-c2cccc(Cl)c2Cl)cs1. The first-order valence-corrected chi connectivity index (χ1v) is 5.43. The number of halogens is 2. The number of benzene rings is 1. The van der Waals surface area contributed by atoms with Crippen LogP contribution < -0.4 is 10.3 Å². The Labute approximate surface area is 94.2 Å². The third kappa shape index (κ3) is 1.71. The van der Waals surface area contributed by atoms with Gasteiger partial charge < -0.3 is 4.42 Å². The molecular weight excluding hydrogens is 241 g/mol. The van der Waals surface area contributed by atoms with Crippen molar-refractivity contribution in [2.24, 2.45) is 0 Å². The van der Waals surface area contributed by atoms with E-state index >= 15 is 0 Å². The highest BCUT2D eigenvalue weighted by atomic mass is 35.5. The minimum absolute atomic E-state index is 0.399. The summed E-state index contributed by atoms with van der Waals surface area (Å²) in [4.78, 5) is 0.399. The fourth-order valence-corrected chi connectivity index (χ4v) is 2.01. The molecule has 1 aromatic heterocycles. The molecule has 0 aliphatic carbocycles. The zero-order valence-corrected chi connectivity index (χ0v) is 9.29. The van der Waals surface area contributed by atoms with Crippen LogP contribution >= 0.6 is 34.5 Å². The first-order chi connectivity index (χ1) is 6.68. The van der Waals surface area contributed by atoms with Gasteiger partial charge in [-0.15, -0.1) is 0 Å². The summed E-state index contributed by atoms with van der Waals surface area (Å²) in [6.45, 7) is 0. The van der Waals surface area contributed by atoms with Crippen molar-refractivity contribution in [3.05, 3.63) is 38.5 Å². The van der Waals surface area contributed by atoms with E-state index < -0.39 is 0 Å². The zero-order chi connectivity index (χ0) is 10.1. The highest BCUT2D eigenvalue weighted by Crippen LogP contribution is 2.33. The van der Waals surface area contributed by atoms with Crippen LogP contribution in [0.5, 0.6) is 0 Å². The Bertz CT molecular complexity index is 518. The molecule has 0 unspecified atom stereocenters. The molecule has 0 bridgehead atoms. The van der Waals surface area contributed by atoms with Gasteiger partial charge in [-0.3, -0.25) is 0 Å². The maximum Gasteiger partial charge on any atom is 0.426 e. The molecule has 2 aromatic rings. The molecule has 0 fully saturated rings. The topological polar surface area (TPSA) is 38.7 Å². The van der Waals surface area contributed by atoms with Gasteiger partial charge in [-0.2, -0.15) is 0 Å². The Hall–Kier alpha value is -0.770. The first kappa shape index (κ1) is 9.77. The van der Waals surface area contributed by atoms with Gasteiger partial charge in [0.25, 0.3) is 0 Å². The van der Waals surface area contributed by atoms with E-state index in [0.717, 1.165) is 5.56 Å². The van der Waals surface area contributed by atoms with Crippen molar-refractivity contribution in [2.45, 2.75) is 0 Å². The van der Waals surface area contributed by atoms with Crippen LogP contribution in [0.25, 0.3) is 11.3 Å². The number of hydrogen-bond donors (Lipinski definition) is 1. The van der Waals surface area contributed by atoms with E-state index in [1.54, 1.807) is 11.4 Å². The molecule has 2 rings (SSSR count). The van der Waals surface area contributed by atoms with Crippen LogP contribution in [-0.4, -0.2) is 0 Å². The highest BCUT2D eigenvalue weighted by Gasteiger charge is 2.10. The second-order valence-corrected chi connectivity index (χ2v) is 4.28. The summed E-state index contributed by atoms with van der Waals surface area (Å²) in [5.74, 6) is 0.639. The van der Waals surface area contributed by atoms with Crippen LogP contribution in [0.15, 0.2) is 28.0 Å². The van der Waals surface area contributed by atoms with Crippen LogP contribution in [0, 0.1) is 0 Å². The third-order valence-corrected chi connectivity index (χ3v) is 3.18. The molecule has 0 aliphatic rings. The minimum atomic E-state index is 0.399. The first-order valence-electron chi connectivity index (χ1n) is 3.80. The van der Waals surface area contributed by atoms with Crippen molar-refractivity contribution in [2.75, 3.05) is 0 Å². The average molecular weight is 247 g/mol. The predicted molar refractivity (Wildman–Crippen MR) is 57.1 cm³/mol. The van der Waals surface area contributed by atoms with Crippen LogP contribution in [0.1, 0.15) is 0 Å². The quantitative estimate of drug-likeness (QED) is 0.822. The Morgan fingerprint density at radius 1 is 1.29 bits per heavy atom. The maximum absolute atomic E-state index is 6.01. The summed E-state index contributed by atoms with van der Waals surface area (Å²) in [5.41, 5.74) is 0.757. The molecule has 1 heterocycles. The Balaban J connectivity index is 2.62. The molecule has 0 saturated heterocycles. The standard InChI is InChI=1S/C9H5Cl2NOS/c10-6-3-1-2-5(8(6)11)7-4-14-9(12)13-7/h1-4,12H/p+1. The zero-order valence-electron chi connectivity index (χ0n) is 6.96. The molecule has 5 heteroatoms. The molecule has 0 saturated carbocycles. The largest absolute Gasteiger partial charge is 0.426 e. The summed E-state index contributed by atoms with van der Waals surface area (Å²) >= 11 is 13.2.